The Hall–Kier alpha value is -0.172. The predicted octanol–water partition coefficient (Wildman–Crippen LogP) is 2.36. The third-order valence-electron chi connectivity index (χ3n) is 2.91. The fraction of sp³-hybridized carbons (Fsp3) is 0.769. The van der Waals surface area contributed by atoms with Gasteiger partial charge in [0, 0.05) is 31.9 Å². The van der Waals surface area contributed by atoms with Crippen LogP contribution in [-0.2, 0) is 30.7 Å². The third kappa shape index (κ3) is 6.35. The second-order valence-electron chi connectivity index (χ2n) is 5.61. The quantitative estimate of drug-likeness (QED) is 0.684. The first-order chi connectivity index (χ1) is 7.13. The molecule has 17 heavy (non-hydrogen) atoms. The molecule has 0 aliphatic rings. The number of carbonyl (C=O) groups is 2. The van der Waals surface area contributed by atoms with E-state index in [1.165, 1.54) is 0 Å². The van der Waals surface area contributed by atoms with Crippen molar-refractivity contribution in [2.75, 3.05) is 6.54 Å². The van der Waals surface area contributed by atoms with Crippen LogP contribution in [0.15, 0.2) is 0 Å². The Morgan fingerprint density at radius 3 is 1.94 bits per heavy atom. The summed E-state index contributed by atoms with van der Waals surface area (Å²) in [5.41, 5.74) is -0.977. The van der Waals surface area contributed by atoms with Crippen molar-refractivity contribution < 1.29 is 30.7 Å². The molecule has 0 atom stereocenters. The molecule has 3 nitrogen and oxygen atoms in total. The second kappa shape index (κ2) is 7.30. The molecule has 1 N–H and O–H groups in total. The normalized spacial score (nSPS) is 11.6. The van der Waals surface area contributed by atoms with Gasteiger partial charge in [0.05, 0.1) is 0 Å². The molecule has 0 aromatic rings. The summed E-state index contributed by atoms with van der Waals surface area (Å²) in [7, 11) is 0. The van der Waals surface area contributed by atoms with Crippen molar-refractivity contribution in [2.24, 2.45) is 10.8 Å². The minimum Gasteiger partial charge on any atom is -0.358 e. The number of hydrogen-bond donors (Lipinski definition) is 1. The summed E-state index contributed by atoms with van der Waals surface area (Å²) in [5.74, 6) is 0.107. The van der Waals surface area contributed by atoms with Crippen LogP contribution in [0.4, 0.5) is 0 Å². The summed E-state index contributed by atoms with van der Waals surface area (Å²) in [4.78, 5) is 23.3. The summed E-state index contributed by atoms with van der Waals surface area (Å²) in [6.45, 7) is 13.3. The smallest absolute Gasteiger partial charge is 0.225 e. The van der Waals surface area contributed by atoms with Gasteiger partial charge < -0.3 is 12.2 Å². The Kier molecular flexibility index (Phi) is 8.24. The average molecular weight is 410 g/mol. The van der Waals surface area contributed by atoms with Crippen LogP contribution in [0.25, 0.3) is 0 Å². The zero-order chi connectivity index (χ0) is 13.0. The summed E-state index contributed by atoms with van der Waals surface area (Å²) in [6.07, 6.45) is 1.23. The Balaban J connectivity index is 0. The Labute approximate surface area is 119 Å². The molecular weight excluding hydrogens is 386 g/mol. The van der Waals surface area contributed by atoms with E-state index < -0.39 is 10.8 Å². The largest absolute Gasteiger partial charge is 0.358 e. The fourth-order valence-corrected chi connectivity index (χ4v) is 1.75. The molecule has 0 radical (unpaired) electrons. The number of Topliss-reactive ketones (excluding diaryl/α,β-unsaturated/α-hetero) is 1. The van der Waals surface area contributed by atoms with Crippen LogP contribution in [0.2, 0.25) is 0 Å². The molecule has 100 valence electrons. The van der Waals surface area contributed by atoms with Crippen molar-refractivity contribution in [3.8, 4) is 0 Å². The Morgan fingerprint density at radius 1 is 1.12 bits per heavy atom. The minimum atomic E-state index is -0.523. The van der Waals surface area contributed by atoms with E-state index in [9.17, 15) is 9.59 Å². The van der Waals surface area contributed by atoms with Crippen molar-refractivity contribution in [1.82, 2.24) is 5.32 Å². The Morgan fingerprint density at radius 2 is 1.59 bits per heavy atom. The first-order valence-corrected chi connectivity index (χ1v) is 5.72. The number of nitrogens with one attached hydrogen (secondary N) is 1. The molecule has 0 rings (SSSR count). The molecule has 0 aliphatic carbocycles. The number of ketones is 1. The molecule has 0 aromatic carbocycles. The van der Waals surface area contributed by atoms with Crippen molar-refractivity contribution in [1.29, 1.82) is 0 Å². The van der Waals surface area contributed by atoms with Gasteiger partial charge in [-0.2, -0.15) is 6.42 Å². The first-order valence-electron chi connectivity index (χ1n) is 5.72. The van der Waals surface area contributed by atoms with Crippen LogP contribution < -0.4 is 5.32 Å². The van der Waals surface area contributed by atoms with E-state index in [0.717, 1.165) is 0 Å². The third-order valence-corrected chi connectivity index (χ3v) is 2.91. The molecule has 0 fully saturated rings. The molecule has 0 unspecified atom stereocenters. The van der Waals surface area contributed by atoms with Gasteiger partial charge in [-0.15, -0.1) is 0 Å². The average Bonchev–Trinajstić information content (AvgIpc) is 2.12. The van der Waals surface area contributed by atoms with E-state index in [1.807, 2.05) is 27.7 Å². The summed E-state index contributed by atoms with van der Waals surface area (Å²) in [5, 5.41) is 2.82. The standard InChI is InChI=1S/C13H24NO2.W/c1-7-8-14-11(16)13(5,6)9-12(3,4)10(2)15;/h1,7-9H2,2-6H3,(H,14,16);/q-1;. The van der Waals surface area contributed by atoms with Crippen LogP contribution >= 0.6 is 0 Å². The Bertz CT molecular complexity index is 273. The van der Waals surface area contributed by atoms with Crippen LogP contribution in [0.5, 0.6) is 0 Å². The van der Waals surface area contributed by atoms with Gasteiger partial charge in [0.15, 0.2) is 0 Å². The second-order valence-corrected chi connectivity index (χ2v) is 5.61. The van der Waals surface area contributed by atoms with Gasteiger partial charge in [-0.3, -0.25) is 9.59 Å². The van der Waals surface area contributed by atoms with Crippen molar-refractivity contribution in [3.63, 3.8) is 0 Å². The topological polar surface area (TPSA) is 46.2 Å². The number of hydrogen-bond acceptors (Lipinski definition) is 2. The number of carbonyl (C=O) groups excluding carboxylic acids is 2. The van der Waals surface area contributed by atoms with E-state index in [4.69, 9.17) is 0 Å². The molecule has 1 amide bonds. The first kappa shape index (κ1) is 19.2. The van der Waals surface area contributed by atoms with Gasteiger partial charge >= 0.3 is 0 Å². The van der Waals surface area contributed by atoms with Gasteiger partial charge in [0.1, 0.15) is 5.78 Å². The molecule has 0 aliphatic heterocycles. The zero-order valence-corrected chi connectivity index (χ0v) is 14.5. The van der Waals surface area contributed by atoms with E-state index in [2.05, 4.69) is 12.2 Å². The zero-order valence-electron chi connectivity index (χ0n) is 11.6. The van der Waals surface area contributed by atoms with Gasteiger partial charge in [-0.1, -0.05) is 27.7 Å². The van der Waals surface area contributed by atoms with Crippen molar-refractivity contribution >= 4 is 11.7 Å². The van der Waals surface area contributed by atoms with Crippen LogP contribution in [0, 0.1) is 17.8 Å². The summed E-state index contributed by atoms with van der Waals surface area (Å²) in [6, 6.07) is 0. The molecule has 0 aromatic heterocycles. The van der Waals surface area contributed by atoms with E-state index in [1.54, 1.807) is 6.92 Å². The SMILES string of the molecule is [CH2-]CCNC(=O)C(C)(C)CC(C)(C)C(C)=O.[W]. The van der Waals surface area contributed by atoms with Gasteiger partial charge in [0.25, 0.3) is 0 Å². The molecule has 0 spiro atoms. The fourth-order valence-electron chi connectivity index (χ4n) is 1.75. The van der Waals surface area contributed by atoms with Gasteiger partial charge in [-0.05, 0) is 19.9 Å². The summed E-state index contributed by atoms with van der Waals surface area (Å²) < 4.78 is 0. The monoisotopic (exact) mass is 410 g/mol. The van der Waals surface area contributed by atoms with E-state index in [-0.39, 0.29) is 32.8 Å². The molecule has 0 saturated heterocycles. The minimum absolute atomic E-state index is 0. The predicted molar refractivity (Wildman–Crippen MR) is 65.8 cm³/mol. The van der Waals surface area contributed by atoms with Crippen LogP contribution in [0.1, 0.15) is 47.5 Å². The maximum atomic E-state index is 11.9. The van der Waals surface area contributed by atoms with E-state index in [0.29, 0.717) is 19.4 Å². The molecule has 0 saturated carbocycles. The number of amides is 1. The molecule has 0 bridgehead atoms. The van der Waals surface area contributed by atoms with Crippen LogP contribution in [0.3, 0.4) is 0 Å². The molecular formula is C13H24NO2W-. The van der Waals surface area contributed by atoms with Gasteiger partial charge in [-0.25, -0.2) is 0 Å². The van der Waals surface area contributed by atoms with Crippen molar-refractivity contribution in [3.05, 3.63) is 6.92 Å². The maximum Gasteiger partial charge on any atom is 0.225 e. The molecule has 4 heteroatoms. The van der Waals surface area contributed by atoms with Gasteiger partial charge in [0.2, 0.25) is 5.91 Å². The van der Waals surface area contributed by atoms with E-state index >= 15 is 0 Å². The summed E-state index contributed by atoms with van der Waals surface area (Å²) >= 11 is 0. The van der Waals surface area contributed by atoms with Crippen molar-refractivity contribution in [2.45, 2.75) is 47.5 Å². The number of rotatable bonds is 6. The maximum absolute atomic E-state index is 11.9. The van der Waals surface area contributed by atoms with Crippen LogP contribution in [-0.4, -0.2) is 18.2 Å². The molecule has 0 heterocycles.